The highest BCUT2D eigenvalue weighted by Crippen LogP contribution is 2.20. The first-order valence-electron chi connectivity index (χ1n) is 9.47. The van der Waals surface area contributed by atoms with E-state index in [1.807, 2.05) is 11.4 Å². The van der Waals surface area contributed by atoms with Gasteiger partial charge in [0.15, 0.2) is 5.82 Å². The Balaban J connectivity index is 1.60. The molecule has 0 saturated carbocycles. The molecule has 1 atom stereocenters. The number of nitrogens with zero attached hydrogens (tertiary/aromatic N) is 7. The molecule has 2 aliphatic rings. The van der Waals surface area contributed by atoms with Gasteiger partial charge in [0.1, 0.15) is 5.82 Å². The zero-order valence-corrected chi connectivity index (χ0v) is 15.6. The standard InChI is InChI=1S/C18H29N7/c1-14-5-4-6-23(12-14)13-16-20-18-19-15(2)11-17(25(18)21-16)24-9-7-22(3)8-10-24/h11,14H,4-10,12-13H2,1-3H3/t14-/m1/s1. The molecule has 0 aromatic carbocycles. The second-order valence-electron chi connectivity index (χ2n) is 7.77. The third-order valence-electron chi connectivity index (χ3n) is 5.40. The molecular formula is C18H29N7. The van der Waals surface area contributed by atoms with E-state index in [0.717, 1.165) is 74.8 Å². The minimum absolute atomic E-state index is 0.731. The van der Waals surface area contributed by atoms with E-state index in [2.05, 4.69) is 39.7 Å². The number of fused-ring (bicyclic) bond motifs is 1. The molecule has 25 heavy (non-hydrogen) atoms. The number of hydrogen-bond acceptors (Lipinski definition) is 6. The van der Waals surface area contributed by atoms with Crippen LogP contribution in [-0.2, 0) is 6.54 Å². The summed E-state index contributed by atoms with van der Waals surface area (Å²) in [7, 11) is 2.18. The predicted octanol–water partition coefficient (Wildman–Crippen LogP) is 1.42. The number of anilines is 1. The molecule has 2 aliphatic heterocycles. The largest absolute Gasteiger partial charge is 0.354 e. The molecule has 2 aromatic heterocycles. The number of rotatable bonds is 3. The predicted molar refractivity (Wildman–Crippen MR) is 98.9 cm³/mol. The fourth-order valence-electron chi connectivity index (χ4n) is 3.97. The maximum atomic E-state index is 4.81. The molecular weight excluding hydrogens is 314 g/mol. The third-order valence-corrected chi connectivity index (χ3v) is 5.40. The van der Waals surface area contributed by atoms with Crippen LogP contribution < -0.4 is 4.90 Å². The van der Waals surface area contributed by atoms with Crippen molar-refractivity contribution >= 4 is 11.6 Å². The van der Waals surface area contributed by atoms with Gasteiger partial charge in [-0.15, -0.1) is 5.10 Å². The van der Waals surface area contributed by atoms with Gasteiger partial charge in [0.2, 0.25) is 0 Å². The quantitative estimate of drug-likeness (QED) is 0.840. The van der Waals surface area contributed by atoms with E-state index < -0.39 is 0 Å². The van der Waals surface area contributed by atoms with Crippen molar-refractivity contribution in [2.75, 3.05) is 51.2 Å². The molecule has 0 aliphatic carbocycles. The maximum absolute atomic E-state index is 4.81. The van der Waals surface area contributed by atoms with E-state index in [0.29, 0.717) is 0 Å². The molecule has 7 heteroatoms. The smallest absolute Gasteiger partial charge is 0.254 e. The topological polar surface area (TPSA) is 52.8 Å². The summed E-state index contributed by atoms with van der Waals surface area (Å²) in [5.74, 6) is 3.52. The first-order chi connectivity index (χ1) is 12.1. The van der Waals surface area contributed by atoms with Gasteiger partial charge in [-0.05, 0) is 39.3 Å². The summed E-state index contributed by atoms with van der Waals surface area (Å²) in [6.45, 7) is 11.7. The lowest BCUT2D eigenvalue weighted by Gasteiger charge is -2.33. The molecule has 0 radical (unpaired) electrons. The molecule has 0 N–H and O–H groups in total. The number of likely N-dealkylation sites (tertiary alicyclic amines) is 1. The number of likely N-dealkylation sites (N-methyl/N-ethyl adjacent to an activating group) is 1. The van der Waals surface area contributed by atoms with Crippen molar-refractivity contribution in [3.8, 4) is 0 Å². The van der Waals surface area contributed by atoms with Crippen molar-refractivity contribution < 1.29 is 0 Å². The Hall–Kier alpha value is -1.73. The minimum Gasteiger partial charge on any atom is -0.354 e. The van der Waals surface area contributed by atoms with Crippen molar-refractivity contribution in [1.82, 2.24) is 29.4 Å². The Morgan fingerprint density at radius 2 is 1.92 bits per heavy atom. The molecule has 0 bridgehead atoms. The van der Waals surface area contributed by atoms with E-state index in [-0.39, 0.29) is 0 Å². The minimum atomic E-state index is 0.731. The highest BCUT2D eigenvalue weighted by molar-refractivity contribution is 5.48. The zero-order valence-electron chi connectivity index (χ0n) is 15.6. The highest BCUT2D eigenvalue weighted by Gasteiger charge is 2.21. The van der Waals surface area contributed by atoms with Gasteiger partial charge in [-0.25, -0.2) is 4.98 Å². The van der Waals surface area contributed by atoms with Crippen molar-refractivity contribution in [1.29, 1.82) is 0 Å². The second-order valence-corrected chi connectivity index (χ2v) is 7.77. The molecule has 0 unspecified atom stereocenters. The monoisotopic (exact) mass is 343 g/mol. The highest BCUT2D eigenvalue weighted by atomic mass is 15.4. The van der Waals surface area contributed by atoms with Gasteiger partial charge < -0.3 is 9.80 Å². The molecule has 2 aromatic rings. The van der Waals surface area contributed by atoms with E-state index in [4.69, 9.17) is 10.1 Å². The molecule has 136 valence electrons. The number of aromatic nitrogens is 4. The summed E-state index contributed by atoms with van der Waals surface area (Å²) >= 11 is 0. The van der Waals surface area contributed by atoms with Crippen LogP contribution in [0.25, 0.3) is 5.78 Å². The number of piperidine rings is 1. The molecule has 7 nitrogen and oxygen atoms in total. The molecule has 4 rings (SSSR count). The van der Waals surface area contributed by atoms with Gasteiger partial charge >= 0.3 is 0 Å². The van der Waals surface area contributed by atoms with Crippen LogP contribution >= 0.6 is 0 Å². The van der Waals surface area contributed by atoms with Gasteiger partial charge in [0.05, 0.1) is 6.54 Å². The first kappa shape index (κ1) is 16.7. The summed E-state index contributed by atoms with van der Waals surface area (Å²) in [5, 5.41) is 4.81. The molecule has 2 saturated heterocycles. The fourth-order valence-corrected chi connectivity index (χ4v) is 3.97. The summed E-state index contributed by atoms with van der Waals surface area (Å²) in [6.07, 6.45) is 2.61. The van der Waals surface area contributed by atoms with Gasteiger partial charge in [-0.3, -0.25) is 4.90 Å². The normalized spacial score (nSPS) is 23.5. The van der Waals surface area contributed by atoms with Gasteiger partial charge in [0.25, 0.3) is 5.78 Å². The van der Waals surface area contributed by atoms with E-state index in [1.165, 1.54) is 12.8 Å². The van der Waals surface area contributed by atoms with Crippen molar-refractivity contribution in [2.24, 2.45) is 5.92 Å². The van der Waals surface area contributed by atoms with Crippen molar-refractivity contribution in [3.63, 3.8) is 0 Å². The Morgan fingerprint density at radius 1 is 1.12 bits per heavy atom. The van der Waals surface area contributed by atoms with Crippen LogP contribution in [0.1, 0.15) is 31.3 Å². The average molecular weight is 343 g/mol. The summed E-state index contributed by atoms with van der Waals surface area (Å²) < 4.78 is 1.95. The fraction of sp³-hybridized carbons (Fsp3) is 0.722. The Morgan fingerprint density at radius 3 is 2.68 bits per heavy atom. The summed E-state index contributed by atoms with van der Waals surface area (Å²) in [5.41, 5.74) is 1.01. The lowest BCUT2D eigenvalue weighted by atomic mass is 10.0. The molecule has 0 amide bonds. The van der Waals surface area contributed by atoms with Crippen LogP contribution in [0.15, 0.2) is 6.07 Å². The van der Waals surface area contributed by atoms with Crippen LogP contribution in [0.5, 0.6) is 0 Å². The van der Waals surface area contributed by atoms with Gasteiger partial charge in [0, 0.05) is 44.5 Å². The Labute approximate surface area is 149 Å². The SMILES string of the molecule is Cc1cc(N2CCN(C)CC2)n2nc(CN3CCC[C@@H](C)C3)nc2n1. The Kier molecular flexibility index (Phi) is 4.60. The van der Waals surface area contributed by atoms with Crippen LogP contribution in [0.4, 0.5) is 5.82 Å². The molecule has 2 fully saturated rings. The number of hydrogen-bond donors (Lipinski definition) is 0. The maximum Gasteiger partial charge on any atom is 0.254 e. The lowest BCUT2D eigenvalue weighted by molar-refractivity contribution is 0.173. The zero-order chi connectivity index (χ0) is 17.4. The van der Waals surface area contributed by atoms with Crippen molar-refractivity contribution in [2.45, 2.75) is 33.2 Å². The lowest BCUT2D eigenvalue weighted by Crippen LogP contribution is -2.45. The number of piperazine rings is 1. The molecule has 4 heterocycles. The van der Waals surface area contributed by atoms with Crippen LogP contribution in [0.2, 0.25) is 0 Å². The van der Waals surface area contributed by atoms with Crippen LogP contribution in [0.3, 0.4) is 0 Å². The second kappa shape index (κ2) is 6.88. The molecule has 0 spiro atoms. The van der Waals surface area contributed by atoms with Crippen LogP contribution in [-0.4, -0.2) is 75.7 Å². The van der Waals surface area contributed by atoms with E-state index >= 15 is 0 Å². The first-order valence-corrected chi connectivity index (χ1v) is 9.47. The summed E-state index contributed by atoms with van der Waals surface area (Å²) in [6, 6.07) is 2.14. The van der Waals surface area contributed by atoms with E-state index in [1.54, 1.807) is 0 Å². The van der Waals surface area contributed by atoms with Gasteiger partial charge in [-0.2, -0.15) is 9.50 Å². The summed E-state index contributed by atoms with van der Waals surface area (Å²) in [4.78, 5) is 16.6. The van der Waals surface area contributed by atoms with Crippen molar-refractivity contribution in [3.05, 3.63) is 17.6 Å². The number of aryl methyl sites for hydroxylation is 1. The third kappa shape index (κ3) is 3.62. The average Bonchev–Trinajstić information content (AvgIpc) is 2.97. The van der Waals surface area contributed by atoms with Gasteiger partial charge in [-0.1, -0.05) is 6.92 Å². The van der Waals surface area contributed by atoms with E-state index in [9.17, 15) is 0 Å². The Bertz CT molecular complexity index is 732. The van der Waals surface area contributed by atoms with Crippen LogP contribution in [0, 0.1) is 12.8 Å².